The molecule has 0 heterocycles. The van der Waals surface area contributed by atoms with Crippen molar-refractivity contribution < 1.29 is 4.43 Å². The average Bonchev–Trinajstić information content (AvgIpc) is 1.80. The van der Waals surface area contributed by atoms with Crippen molar-refractivity contribution in [2.24, 2.45) is 0 Å². The molecule has 0 aromatic rings. The molecule has 0 aliphatic rings. The molecular weight excluding hydrogens is 152 g/mol. The molecule has 0 aliphatic heterocycles. The van der Waals surface area contributed by atoms with Gasteiger partial charge in [-0.25, -0.2) is 0 Å². The van der Waals surface area contributed by atoms with Crippen LogP contribution in [0.25, 0.3) is 0 Å². The molecule has 0 rings (SSSR count). The molecule has 52 valence electrons. The van der Waals surface area contributed by atoms with Crippen molar-refractivity contribution in [3.63, 3.8) is 0 Å². The van der Waals surface area contributed by atoms with E-state index in [1.54, 1.807) is 0 Å². The van der Waals surface area contributed by atoms with Gasteiger partial charge in [0.2, 0.25) is 0 Å². The Morgan fingerprint density at radius 3 is 2.89 bits per heavy atom. The number of hydrogen-bond acceptors (Lipinski definition) is 1. The quantitative estimate of drug-likeness (QED) is 0.261. The molecule has 0 spiro atoms. The highest BCUT2D eigenvalue weighted by molar-refractivity contribution is 6.27. The van der Waals surface area contributed by atoms with Crippen LogP contribution in [0.5, 0.6) is 0 Å². The zero-order valence-electron chi connectivity index (χ0n) is 5.61. The van der Waals surface area contributed by atoms with E-state index in [1.807, 2.05) is 6.92 Å². The summed E-state index contributed by atoms with van der Waals surface area (Å²) in [4.78, 5) is 0. The second kappa shape index (κ2) is 6.17. The van der Waals surface area contributed by atoms with Crippen LogP contribution in [0.3, 0.4) is 0 Å². The van der Waals surface area contributed by atoms with E-state index in [4.69, 9.17) is 16.0 Å². The lowest BCUT2D eigenvalue weighted by Crippen LogP contribution is -1.95. The lowest BCUT2D eigenvalue weighted by molar-refractivity contribution is 0.456. The Hall–Kier alpha value is 0.0469. The van der Waals surface area contributed by atoms with E-state index < -0.39 is 0 Å². The van der Waals surface area contributed by atoms with Crippen molar-refractivity contribution in [2.75, 3.05) is 5.88 Å². The van der Waals surface area contributed by atoms with Crippen LogP contribution in [0.15, 0.2) is 12.3 Å². The SMILES string of the molecule is C=C(C)O[Si]CCCCl. The van der Waals surface area contributed by atoms with Gasteiger partial charge in [0.15, 0.2) is 0 Å². The fourth-order valence-corrected chi connectivity index (χ4v) is 1.34. The molecule has 0 saturated carbocycles. The minimum absolute atomic E-state index is 0.535. The predicted octanol–water partition coefficient (Wildman–Crippen LogP) is 2.20. The maximum Gasteiger partial charge on any atom is 0.310 e. The summed E-state index contributed by atoms with van der Waals surface area (Å²) in [6, 6.07) is 1.05. The van der Waals surface area contributed by atoms with E-state index in [0.29, 0.717) is 9.76 Å². The van der Waals surface area contributed by atoms with Gasteiger partial charge < -0.3 is 4.43 Å². The first-order valence-electron chi connectivity index (χ1n) is 2.88. The number of allylic oxidation sites excluding steroid dienone is 1. The molecule has 3 heteroatoms. The van der Waals surface area contributed by atoms with Gasteiger partial charge in [-0.05, 0) is 19.4 Å². The summed E-state index contributed by atoms with van der Waals surface area (Å²) in [6.07, 6.45) is 1.04. The van der Waals surface area contributed by atoms with Crippen LogP contribution in [0.1, 0.15) is 13.3 Å². The monoisotopic (exact) mass is 162 g/mol. The highest BCUT2D eigenvalue weighted by Gasteiger charge is 1.90. The lowest BCUT2D eigenvalue weighted by atomic mass is 10.6. The first kappa shape index (κ1) is 9.05. The maximum atomic E-state index is 5.44. The molecule has 0 bridgehead atoms. The minimum atomic E-state index is 0.535. The predicted molar refractivity (Wildman–Crippen MR) is 41.8 cm³/mol. The van der Waals surface area contributed by atoms with Crippen molar-refractivity contribution in [1.82, 2.24) is 0 Å². The van der Waals surface area contributed by atoms with Crippen molar-refractivity contribution in [3.05, 3.63) is 12.3 Å². The van der Waals surface area contributed by atoms with Crippen molar-refractivity contribution in [1.29, 1.82) is 0 Å². The van der Waals surface area contributed by atoms with Gasteiger partial charge >= 0.3 is 9.76 Å². The average molecular weight is 163 g/mol. The summed E-state index contributed by atoms with van der Waals surface area (Å²) in [5.74, 6) is 1.52. The molecule has 0 saturated heterocycles. The fourth-order valence-electron chi connectivity index (χ4n) is 0.313. The van der Waals surface area contributed by atoms with E-state index in [-0.39, 0.29) is 0 Å². The number of alkyl halides is 1. The topological polar surface area (TPSA) is 9.23 Å². The van der Waals surface area contributed by atoms with E-state index in [1.165, 1.54) is 0 Å². The second-order valence-electron chi connectivity index (χ2n) is 1.74. The zero-order chi connectivity index (χ0) is 7.11. The van der Waals surface area contributed by atoms with Crippen molar-refractivity contribution >= 4 is 21.4 Å². The third kappa shape index (κ3) is 8.05. The minimum Gasteiger partial charge on any atom is -0.545 e. The molecule has 0 unspecified atom stereocenters. The third-order valence-electron chi connectivity index (χ3n) is 0.659. The molecule has 0 amide bonds. The third-order valence-corrected chi connectivity index (χ3v) is 1.98. The Morgan fingerprint density at radius 1 is 1.78 bits per heavy atom. The highest BCUT2D eigenvalue weighted by atomic mass is 35.5. The number of halogens is 1. The standard InChI is InChI=1S/C6H11ClOSi/c1-6(2)8-9-5-3-4-7/h1,3-5H2,2H3. The molecule has 0 aliphatic carbocycles. The normalized spacial score (nSPS) is 9.11. The van der Waals surface area contributed by atoms with E-state index in [2.05, 4.69) is 6.58 Å². The van der Waals surface area contributed by atoms with Crippen molar-refractivity contribution in [3.8, 4) is 0 Å². The van der Waals surface area contributed by atoms with Gasteiger partial charge in [0.1, 0.15) is 0 Å². The van der Waals surface area contributed by atoms with Crippen LogP contribution < -0.4 is 0 Å². The van der Waals surface area contributed by atoms with Crippen LogP contribution in [-0.4, -0.2) is 15.6 Å². The van der Waals surface area contributed by atoms with Gasteiger partial charge in [-0.3, -0.25) is 0 Å². The van der Waals surface area contributed by atoms with E-state index in [0.717, 1.165) is 24.1 Å². The summed E-state index contributed by atoms with van der Waals surface area (Å²) in [7, 11) is 0.535. The van der Waals surface area contributed by atoms with Gasteiger partial charge in [-0.1, -0.05) is 6.58 Å². The lowest BCUT2D eigenvalue weighted by Gasteiger charge is -1.99. The van der Waals surface area contributed by atoms with Crippen molar-refractivity contribution in [2.45, 2.75) is 19.4 Å². The molecule has 0 aromatic carbocycles. The maximum absolute atomic E-state index is 5.44. The molecule has 9 heavy (non-hydrogen) atoms. The first-order valence-corrected chi connectivity index (χ1v) is 4.53. The molecular formula is C6H11ClOSi. The largest absolute Gasteiger partial charge is 0.545 e. The molecule has 0 N–H and O–H groups in total. The van der Waals surface area contributed by atoms with Gasteiger partial charge in [0, 0.05) is 5.88 Å². The molecule has 1 nitrogen and oxygen atoms in total. The number of hydrogen-bond donors (Lipinski definition) is 0. The Kier molecular flexibility index (Phi) is 6.20. The van der Waals surface area contributed by atoms with Crippen LogP contribution >= 0.6 is 11.6 Å². The summed E-state index contributed by atoms with van der Waals surface area (Å²) >= 11 is 5.44. The van der Waals surface area contributed by atoms with Gasteiger partial charge in [0.25, 0.3) is 0 Å². The summed E-state index contributed by atoms with van der Waals surface area (Å²) < 4.78 is 5.12. The number of rotatable bonds is 5. The Labute approximate surface area is 64.0 Å². The van der Waals surface area contributed by atoms with E-state index >= 15 is 0 Å². The Balaban J connectivity index is 2.83. The second-order valence-corrected chi connectivity index (χ2v) is 3.11. The molecule has 0 fully saturated rings. The highest BCUT2D eigenvalue weighted by Crippen LogP contribution is 1.95. The smallest absolute Gasteiger partial charge is 0.310 e. The van der Waals surface area contributed by atoms with Crippen LogP contribution in [-0.2, 0) is 4.43 Å². The summed E-state index contributed by atoms with van der Waals surface area (Å²) in [5, 5.41) is 0. The molecule has 0 aromatic heterocycles. The Bertz CT molecular complexity index is 85.1. The van der Waals surface area contributed by atoms with Crippen LogP contribution in [0, 0.1) is 0 Å². The first-order chi connectivity index (χ1) is 4.27. The fraction of sp³-hybridized carbons (Fsp3) is 0.667. The van der Waals surface area contributed by atoms with Gasteiger partial charge in [0.05, 0.1) is 5.76 Å². The summed E-state index contributed by atoms with van der Waals surface area (Å²) in [5.41, 5.74) is 0. The van der Waals surface area contributed by atoms with Gasteiger partial charge in [-0.15, -0.1) is 11.6 Å². The zero-order valence-corrected chi connectivity index (χ0v) is 7.37. The molecule has 2 radical (unpaired) electrons. The van der Waals surface area contributed by atoms with Gasteiger partial charge in [-0.2, -0.15) is 0 Å². The van der Waals surface area contributed by atoms with Crippen LogP contribution in [0.2, 0.25) is 6.04 Å². The Morgan fingerprint density at radius 2 is 2.44 bits per heavy atom. The van der Waals surface area contributed by atoms with E-state index in [9.17, 15) is 0 Å². The van der Waals surface area contributed by atoms with Crippen LogP contribution in [0.4, 0.5) is 0 Å². The summed E-state index contributed by atoms with van der Waals surface area (Å²) in [6.45, 7) is 5.46. The molecule has 0 atom stereocenters.